The molecule has 0 fully saturated rings. The molecule has 0 unspecified atom stereocenters. The van der Waals surface area contributed by atoms with Crippen molar-refractivity contribution in [2.75, 3.05) is 20.8 Å². The van der Waals surface area contributed by atoms with Crippen LogP contribution in [0.1, 0.15) is 17.0 Å². The molecule has 1 aliphatic heterocycles. The Morgan fingerprint density at radius 2 is 1.67 bits per heavy atom. The number of hydrogen-bond acceptors (Lipinski definition) is 4. The van der Waals surface area contributed by atoms with E-state index in [-0.39, 0.29) is 0 Å². The number of ether oxygens (including phenoxy) is 2. The average molecular weight is 363 g/mol. The van der Waals surface area contributed by atoms with Crippen molar-refractivity contribution in [1.82, 2.24) is 14.5 Å². The molecule has 27 heavy (non-hydrogen) atoms. The maximum Gasteiger partial charge on any atom is 0.140 e. The topological polar surface area (TPSA) is 39.5 Å². The van der Waals surface area contributed by atoms with Crippen LogP contribution < -0.4 is 9.47 Å². The second-order valence-electron chi connectivity index (χ2n) is 6.86. The van der Waals surface area contributed by atoms with Crippen molar-refractivity contribution < 1.29 is 9.47 Å². The normalized spacial score (nSPS) is 14.0. The third-order valence-electron chi connectivity index (χ3n) is 5.28. The van der Waals surface area contributed by atoms with E-state index in [2.05, 4.69) is 40.8 Å². The van der Waals surface area contributed by atoms with Gasteiger partial charge < -0.3 is 14.0 Å². The van der Waals surface area contributed by atoms with Crippen LogP contribution in [0.5, 0.6) is 11.5 Å². The van der Waals surface area contributed by atoms with E-state index in [1.807, 2.05) is 24.3 Å². The summed E-state index contributed by atoms with van der Waals surface area (Å²) < 4.78 is 13.4. The third-order valence-corrected chi connectivity index (χ3v) is 5.28. The van der Waals surface area contributed by atoms with Gasteiger partial charge in [-0.3, -0.25) is 4.90 Å². The Bertz CT molecular complexity index is 912. The third kappa shape index (κ3) is 3.30. The van der Waals surface area contributed by atoms with Crippen molar-refractivity contribution in [2.45, 2.75) is 19.5 Å². The van der Waals surface area contributed by atoms with E-state index in [9.17, 15) is 0 Å². The standard InChI is InChI=1S/C22H25N3O2/c1-24-19-15-25(14-17-20(26-2)10-7-11-21(17)27-3)13-12-18(19)23-22(24)16-8-5-4-6-9-16/h4-11H,12-15H2,1-3H3. The zero-order chi connectivity index (χ0) is 18.8. The van der Waals surface area contributed by atoms with Crippen molar-refractivity contribution in [3.8, 4) is 22.9 Å². The van der Waals surface area contributed by atoms with Crippen LogP contribution in [0.25, 0.3) is 11.4 Å². The highest BCUT2D eigenvalue weighted by molar-refractivity contribution is 5.57. The zero-order valence-electron chi connectivity index (χ0n) is 16.1. The summed E-state index contributed by atoms with van der Waals surface area (Å²) in [5, 5.41) is 0. The number of rotatable bonds is 5. The summed E-state index contributed by atoms with van der Waals surface area (Å²) in [4.78, 5) is 7.35. The van der Waals surface area contributed by atoms with Crippen molar-refractivity contribution in [3.63, 3.8) is 0 Å². The summed E-state index contributed by atoms with van der Waals surface area (Å²) in [6.07, 6.45) is 0.952. The van der Waals surface area contributed by atoms with Crippen molar-refractivity contribution >= 4 is 0 Å². The van der Waals surface area contributed by atoms with Crippen LogP contribution in [0.2, 0.25) is 0 Å². The Balaban J connectivity index is 1.61. The van der Waals surface area contributed by atoms with Gasteiger partial charge in [-0.05, 0) is 12.1 Å². The van der Waals surface area contributed by atoms with Gasteiger partial charge in [0, 0.05) is 38.7 Å². The summed E-state index contributed by atoms with van der Waals surface area (Å²) in [5.74, 6) is 2.78. The van der Waals surface area contributed by atoms with E-state index in [0.29, 0.717) is 0 Å². The molecule has 5 nitrogen and oxygen atoms in total. The highest BCUT2D eigenvalue weighted by atomic mass is 16.5. The van der Waals surface area contributed by atoms with E-state index in [1.165, 1.54) is 11.4 Å². The van der Waals surface area contributed by atoms with Crippen molar-refractivity contribution in [1.29, 1.82) is 0 Å². The van der Waals surface area contributed by atoms with E-state index in [4.69, 9.17) is 14.5 Å². The molecule has 0 saturated carbocycles. The lowest BCUT2D eigenvalue weighted by molar-refractivity contribution is 0.231. The monoisotopic (exact) mass is 363 g/mol. The minimum Gasteiger partial charge on any atom is -0.496 e. The van der Waals surface area contributed by atoms with Crippen LogP contribution in [0.4, 0.5) is 0 Å². The van der Waals surface area contributed by atoms with Crippen LogP contribution in [-0.2, 0) is 26.6 Å². The lowest BCUT2D eigenvalue weighted by atomic mass is 10.1. The molecule has 0 radical (unpaired) electrons. The van der Waals surface area contributed by atoms with E-state index < -0.39 is 0 Å². The van der Waals surface area contributed by atoms with Gasteiger partial charge in [0.15, 0.2) is 0 Å². The van der Waals surface area contributed by atoms with Gasteiger partial charge in [-0.2, -0.15) is 0 Å². The average Bonchev–Trinajstić information content (AvgIpc) is 3.05. The fourth-order valence-electron chi connectivity index (χ4n) is 3.83. The smallest absolute Gasteiger partial charge is 0.140 e. The number of fused-ring (bicyclic) bond motifs is 1. The molecule has 0 spiro atoms. The van der Waals surface area contributed by atoms with E-state index in [1.54, 1.807) is 14.2 Å². The maximum absolute atomic E-state index is 5.56. The number of hydrogen-bond donors (Lipinski definition) is 0. The Morgan fingerprint density at radius 3 is 2.33 bits per heavy atom. The number of methoxy groups -OCH3 is 2. The highest BCUT2D eigenvalue weighted by Gasteiger charge is 2.24. The molecule has 0 saturated heterocycles. The van der Waals surface area contributed by atoms with E-state index in [0.717, 1.165) is 54.5 Å². The fourth-order valence-corrected chi connectivity index (χ4v) is 3.83. The summed E-state index contributed by atoms with van der Waals surface area (Å²) in [6.45, 7) is 2.63. The van der Waals surface area contributed by atoms with Gasteiger partial charge in [-0.25, -0.2) is 4.98 Å². The molecule has 1 aromatic heterocycles. The van der Waals surface area contributed by atoms with E-state index >= 15 is 0 Å². The predicted molar refractivity (Wildman–Crippen MR) is 106 cm³/mol. The molecule has 0 aliphatic carbocycles. The molecule has 5 heteroatoms. The first-order chi connectivity index (χ1) is 13.2. The maximum atomic E-state index is 5.56. The molecule has 0 bridgehead atoms. The second kappa shape index (κ2) is 7.45. The van der Waals surface area contributed by atoms with Gasteiger partial charge in [0.2, 0.25) is 0 Å². The molecule has 4 rings (SSSR count). The van der Waals surface area contributed by atoms with Crippen LogP contribution >= 0.6 is 0 Å². The molecule has 2 heterocycles. The van der Waals surface area contributed by atoms with Gasteiger partial charge in [0.25, 0.3) is 0 Å². The second-order valence-corrected chi connectivity index (χ2v) is 6.86. The first-order valence-electron chi connectivity index (χ1n) is 9.23. The first kappa shape index (κ1) is 17.6. The Hall–Kier alpha value is -2.79. The summed E-state index contributed by atoms with van der Waals surface area (Å²) in [5.41, 5.74) is 4.75. The van der Waals surface area contributed by atoms with Gasteiger partial charge >= 0.3 is 0 Å². The molecule has 3 aromatic rings. The first-order valence-corrected chi connectivity index (χ1v) is 9.23. The quantitative estimate of drug-likeness (QED) is 0.693. The lowest BCUT2D eigenvalue weighted by Gasteiger charge is -2.28. The largest absolute Gasteiger partial charge is 0.496 e. The Morgan fingerprint density at radius 1 is 0.963 bits per heavy atom. The molecule has 1 aliphatic rings. The summed E-state index contributed by atoms with van der Waals surface area (Å²) in [7, 11) is 5.53. The van der Waals surface area contributed by atoms with Gasteiger partial charge in [0.05, 0.1) is 31.2 Å². The Kier molecular flexibility index (Phi) is 4.86. The minimum atomic E-state index is 0.790. The van der Waals surface area contributed by atoms with Crippen molar-refractivity contribution in [3.05, 3.63) is 65.5 Å². The zero-order valence-corrected chi connectivity index (χ0v) is 16.1. The van der Waals surface area contributed by atoms with Crippen LogP contribution in [-0.4, -0.2) is 35.2 Å². The number of aromatic nitrogens is 2. The molecular weight excluding hydrogens is 338 g/mol. The molecule has 140 valence electrons. The molecule has 0 N–H and O–H groups in total. The summed E-state index contributed by atoms with van der Waals surface area (Å²) >= 11 is 0. The van der Waals surface area contributed by atoms with Crippen LogP contribution in [0.15, 0.2) is 48.5 Å². The predicted octanol–water partition coefficient (Wildman–Crippen LogP) is 3.66. The van der Waals surface area contributed by atoms with Gasteiger partial charge in [0.1, 0.15) is 17.3 Å². The molecule has 2 aromatic carbocycles. The van der Waals surface area contributed by atoms with Crippen LogP contribution in [0.3, 0.4) is 0 Å². The molecule has 0 atom stereocenters. The fraction of sp³-hybridized carbons (Fsp3) is 0.318. The molecule has 0 amide bonds. The Labute approximate surface area is 160 Å². The lowest BCUT2D eigenvalue weighted by Crippen LogP contribution is -2.31. The minimum absolute atomic E-state index is 0.790. The number of imidazole rings is 1. The number of benzene rings is 2. The number of nitrogens with zero attached hydrogens (tertiary/aromatic N) is 3. The highest BCUT2D eigenvalue weighted by Crippen LogP contribution is 2.32. The SMILES string of the molecule is COc1cccc(OC)c1CN1CCc2nc(-c3ccccc3)n(C)c2C1. The summed E-state index contributed by atoms with van der Waals surface area (Å²) in [6, 6.07) is 16.3. The van der Waals surface area contributed by atoms with Gasteiger partial charge in [-0.15, -0.1) is 0 Å². The van der Waals surface area contributed by atoms with Crippen molar-refractivity contribution in [2.24, 2.45) is 7.05 Å². The van der Waals surface area contributed by atoms with Crippen LogP contribution in [0, 0.1) is 0 Å². The molecular formula is C22H25N3O2. The van der Waals surface area contributed by atoms with Gasteiger partial charge in [-0.1, -0.05) is 36.4 Å².